The van der Waals surface area contributed by atoms with Crippen LogP contribution < -0.4 is 10.9 Å². The van der Waals surface area contributed by atoms with Crippen molar-refractivity contribution >= 4 is 12.1 Å². The van der Waals surface area contributed by atoms with Crippen LogP contribution in [0, 0.1) is 0 Å². The van der Waals surface area contributed by atoms with E-state index in [0.29, 0.717) is 23.3 Å². The molecule has 1 heterocycles. The first-order valence-electron chi connectivity index (χ1n) is 7.02. The highest BCUT2D eigenvalue weighted by Gasteiger charge is 2.12. The van der Waals surface area contributed by atoms with E-state index in [1.165, 1.54) is 10.6 Å². The molecule has 0 atom stereocenters. The van der Waals surface area contributed by atoms with Gasteiger partial charge < -0.3 is 10.4 Å². The van der Waals surface area contributed by atoms with Gasteiger partial charge in [0.1, 0.15) is 0 Å². The van der Waals surface area contributed by atoms with Gasteiger partial charge in [-0.15, -0.1) is 0 Å². The standard InChI is InChI=1S/C18H14N2O3/c21-12-19-14-8-6-13(7-9-14)16-10-11-17(22)20(18(16)23)15-4-2-1-3-5-15/h1-12,23H,(H,19,21). The van der Waals surface area contributed by atoms with Crippen LogP contribution in [-0.4, -0.2) is 16.1 Å². The van der Waals surface area contributed by atoms with Crippen molar-refractivity contribution in [1.29, 1.82) is 0 Å². The molecule has 0 aliphatic carbocycles. The number of benzene rings is 2. The molecule has 1 aromatic heterocycles. The van der Waals surface area contributed by atoms with Crippen molar-refractivity contribution in [1.82, 2.24) is 4.57 Å². The molecule has 2 N–H and O–H groups in total. The van der Waals surface area contributed by atoms with Gasteiger partial charge in [-0.25, -0.2) is 4.57 Å². The summed E-state index contributed by atoms with van der Waals surface area (Å²) < 4.78 is 1.26. The van der Waals surface area contributed by atoms with Gasteiger partial charge in [-0.05, 0) is 35.9 Å². The van der Waals surface area contributed by atoms with Gasteiger partial charge in [-0.2, -0.15) is 0 Å². The molecular formula is C18H14N2O3. The molecule has 0 unspecified atom stereocenters. The van der Waals surface area contributed by atoms with Crippen LogP contribution in [0.4, 0.5) is 5.69 Å². The number of para-hydroxylation sites is 1. The summed E-state index contributed by atoms with van der Waals surface area (Å²) in [6.45, 7) is 0. The maximum Gasteiger partial charge on any atom is 0.257 e. The van der Waals surface area contributed by atoms with Gasteiger partial charge >= 0.3 is 0 Å². The predicted molar refractivity (Wildman–Crippen MR) is 88.8 cm³/mol. The number of hydrogen-bond donors (Lipinski definition) is 2. The molecule has 0 bridgehead atoms. The average Bonchev–Trinajstić information content (AvgIpc) is 2.57. The summed E-state index contributed by atoms with van der Waals surface area (Å²) in [6, 6.07) is 18.9. The lowest BCUT2D eigenvalue weighted by atomic mass is 10.1. The molecule has 0 fully saturated rings. The highest BCUT2D eigenvalue weighted by Crippen LogP contribution is 2.30. The summed E-state index contributed by atoms with van der Waals surface area (Å²) in [6.07, 6.45) is 0.599. The lowest BCUT2D eigenvalue weighted by molar-refractivity contribution is -0.105. The lowest BCUT2D eigenvalue weighted by Crippen LogP contribution is -2.17. The number of carbonyl (C=O) groups excluding carboxylic acids is 1. The van der Waals surface area contributed by atoms with Crippen LogP contribution in [0.2, 0.25) is 0 Å². The zero-order chi connectivity index (χ0) is 16.2. The Bertz CT molecular complexity index is 884. The molecule has 0 spiro atoms. The van der Waals surface area contributed by atoms with E-state index in [9.17, 15) is 14.7 Å². The van der Waals surface area contributed by atoms with Crippen LogP contribution in [0.25, 0.3) is 16.8 Å². The lowest BCUT2D eigenvalue weighted by Gasteiger charge is -2.12. The number of amides is 1. The van der Waals surface area contributed by atoms with E-state index in [2.05, 4.69) is 5.32 Å². The highest BCUT2D eigenvalue weighted by atomic mass is 16.3. The minimum absolute atomic E-state index is 0.125. The predicted octanol–water partition coefficient (Wildman–Crippen LogP) is 2.78. The van der Waals surface area contributed by atoms with E-state index in [0.717, 1.165) is 5.56 Å². The fourth-order valence-electron chi connectivity index (χ4n) is 2.39. The quantitative estimate of drug-likeness (QED) is 0.728. The Labute approximate surface area is 132 Å². The van der Waals surface area contributed by atoms with E-state index in [1.54, 1.807) is 54.6 Å². The Morgan fingerprint density at radius 1 is 0.913 bits per heavy atom. The molecule has 1 amide bonds. The second-order valence-electron chi connectivity index (χ2n) is 4.92. The molecule has 5 nitrogen and oxygen atoms in total. The third kappa shape index (κ3) is 2.85. The summed E-state index contributed by atoms with van der Waals surface area (Å²) in [7, 11) is 0. The van der Waals surface area contributed by atoms with Gasteiger partial charge in [-0.3, -0.25) is 9.59 Å². The molecule has 3 rings (SSSR count). The van der Waals surface area contributed by atoms with Gasteiger partial charge in [0.2, 0.25) is 12.3 Å². The van der Waals surface area contributed by atoms with E-state index in [-0.39, 0.29) is 11.4 Å². The van der Waals surface area contributed by atoms with E-state index >= 15 is 0 Å². The zero-order valence-corrected chi connectivity index (χ0v) is 12.1. The summed E-state index contributed by atoms with van der Waals surface area (Å²) >= 11 is 0. The summed E-state index contributed by atoms with van der Waals surface area (Å²) in [5.41, 5.74) is 2.21. The second-order valence-corrected chi connectivity index (χ2v) is 4.92. The topological polar surface area (TPSA) is 71.3 Å². The van der Waals surface area contributed by atoms with Crippen molar-refractivity contribution in [2.45, 2.75) is 0 Å². The minimum atomic E-state index is -0.309. The number of aromatic nitrogens is 1. The van der Waals surface area contributed by atoms with Crippen LogP contribution in [0.1, 0.15) is 0 Å². The van der Waals surface area contributed by atoms with Crippen molar-refractivity contribution in [3.8, 4) is 22.7 Å². The Morgan fingerprint density at radius 3 is 2.26 bits per heavy atom. The number of nitrogens with one attached hydrogen (secondary N) is 1. The monoisotopic (exact) mass is 306 g/mol. The number of aromatic hydroxyl groups is 1. The molecule has 0 radical (unpaired) electrons. The summed E-state index contributed by atoms with van der Waals surface area (Å²) in [4.78, 5) is 22.6. The summed E-state index contributed by atoms with van der Waals surface area (Å²) in [5, 5.41) is 13.1. The summed E-state index contributed by atoms with van der Waals surface area (Å²) in [5.74, 6) is -0.125. The first-order chi connectivity index (χ1) is 11.2. The van der Waals surface area contributed by atoms with E-state index < -0.39 is 0 Å². The number of carbonyl (C=O) groups is 1. The van der Waals surface area contributed by atoms with Crippen LogP contribution in [0.15, 0.2) is 71.5 Å². The van der Waals surface area contributed by atoms with Crippen LogP contribution >= 0.6 is 0 Å². The Balaban J connectivity index is 2.11. The van der Waals surface area contributed by atoms with Crippen LogP contribution in [-0.2, 0) is 4.79 Å². The van der Waals surface area contributed by atoms with Crippen molar-refractivity contribution in [2.24, 2.45) is 0 Å². The van der Waals surface area contributed by atoms with Crippen molar-refractivity contribution in [3.05, 3.63) is 77.1 Å². The van der Waals surface area contributed by atoms with Crippen molar-refractivity contribution < 1.29 is 9.90 Å². The number of nitrogens with zero attached hydrogens (tertiary/aromatic N) is 1. The van der Waals surface area contributed by atoms with E-state index in [1.807, 2.05) is 6.07 Å². The fraction of sp³-hybridized carbons (Fsp3) is 0. The van der Waals surface area contributed by atoms with Gasteiger partial charge in [0, 0.05) is 17.3 Å². The highest BCUT2D eigenvalue weighted by molar-refractivity contribution is 5.75. The number of rotatable bonds is 4. The van der Waals surface area contributed by atoms with Crippen LogP contribution in [0.5, 0.6) is 5.88 Å². The minimum Gasteiger partial charge on any atom is -0.494 e. The van der Waals surface area contributed by atoms with Gasteiger partial charge in [-0.1, -0.05) is 30.3 Å². The smallest absolute Gasteiger partial charge is 0.257 e. The largest absolute Gasteiger partial charge is 0.494 e. The molecule has 2 aromatic carbocycles. The average molecular weight is 306 g/mol. The normalized spacial score (nSPS) is 10.3. The molecule has 3 aromatic rings. The van der Waals surface area contributed by atoms with Gasteiger partial charge in [0.25, 0.3) is 5.56 Å². The molecule has 0 saturated heterocycles. The third-order valence-corrected chi connectivity index (χ3v) is 3.50. The fourth-order valence-corrected chi connectivity index (χ4v) is 2.39. The number of anilines is 1. The molecule has 0 aliphatic heterocycles. The maximum atomic E-state index is 12.1. The SMILES string of the molecule is O=CNc1ccc(-c2ccc(=O)n(-c3ccccc3)c2O)cc1. The maximum absolute atomic E-state index is 12.1. The molecular weight excluding hydrogens is 292 g/mol. The zero-order valence-electron chi connectivity index (χ0n) is 12.1. The number of hydrogen-bond acceptors (Lipinski definition) is 3. The first-order valence-corrected chi connectivity index (χ1v) is 7.02. The molecule has 5 heteroatoms. The van der Waals surface area contributed by atoms with Gasteiger partial charge in [0.05, 0.1) is 5.69 Å². The molecule has 0 saturated carbocycles. The second kappa shape index (κ2) is 6.19. The van der Waals surface area contributed by atoms with E-state index in [4.69, 9.17) is 0 Å². The third-order valence-electron chi connectivity index (χ3n) is 3.50. The Kier molecular flexibility index (Phi) is 3.93. The Morgan fingerprint density at radius 2 is 1.61 bits per heavy atom. The molecule has 0 aliphatic rings. The van der Waals surface area contributed by atoms with Crippen LogP contribution in [0.3, 0.4) is 0 Å². The van der Waals surface area contributed by atoms with Crippen molar-refractivity contribution in [2.75, 3.05) is 5.32 Å². The molecule has 23 heavy (non-hydrogen) atoms. The molecule has 114 valence electrons. The Hall–Kier alpha value is -3.34. The first kappa shape index (κ1) is 14.6. The van der Waals surface area contributed by atoms with Crippen molar-refractivity contribution in [3.63, 3.8) is 0 Å². The van der Waals surface area contributed by atoms with Gasteiger partial charge in [0.15, 0.2) is 0 Å². The number of pyridine rings is 1.